The summed E-state index contributed by atoms with van der Waals surface area (Å²) in [5, 5.41) is 11.7. The van der Waals surface area contributed by atoms with E-state index < -0.39 is 6.10 Å². The zero-order valence-electron chi connectivity index (χ0n) is 11.0. The van der Waals surface area contributed by atoms with Crippen LogP contribution in [0.2, 0.25) is 0 Å². The highest BCUT2D eigenvalue weighted by Gasteiger charge is 2.14. The number of benzene rings is 2. The lowest BCUT2D eigenvalue weighted by atomic mass is 10.1. The van der Waals surface area contributed by atoms with Crippen LogP contribution in [-0.4, -0.2) is 15.1 Å². The van der Waals surface area contributed by atoms with Crippen LogP contribution in [0.4, 0.5) is 0 Å². The zero-order valence-corrected chi connectivity index (χ0v) is 11.8. The number of fused-ring (bicyclic) bond motifs is 2. The maximum absolute atomic E-state index is 11.3. The predicted molar refractivity (Wildman–Crippen MR) is 84.8 cm³/mol. The molecule has 4 rings (SSSR count). The fourth-order valence-corrected chi connectivity index (χ4v) is 3.60. The normalized spacial score (nSPS) is 13.0. The first-order valence-corrected chi connectivity index (χ1v) is 7.41. The van der Waals surface area contributed by atoms with Gasteiger partial charge in [-0.1, -0.05) is 24.3 Å². The molecule has 0 amide bonds. The number of hydrogen-bond donors (Lipinski definition) is 3. The van der Waals surface area contributed by atoms with Gasteiger partial charge >= 0.3 is 5.69 Å². The summed E-state index contributed by atoms with van der Waals surface area (Å²) in [6, 6.07) is 15.5. The molecular formula is C16H12N2O2S. The number of imidazole rings is 1. The molecule has 0 radical (unpaired) electrons. The van der Waals surface area contributed by atoms with Crippen LogP contribution in [0.1, 0.15) is 16.5 Å². The number of aromatic amines is 2. The maximum Gasteiger partial charge on any atom is 0.323 e. The van der Waals surface area contributed by atoms with Crippen LogP contribution >= 0.6 is 11.3 Å². The Hall–Kier alpha value is -2.37. The Bertz CT molecular complexity index is 963. The Morgan fingerprint density at radius 2 is 1.81 bits per heavy atom. The lowest BCUT2D eigenvalue weighted by Crippen LogP contribution is -1.99. The smallest absolute Gasteiger partial charge is 0.323 e. The van der Waals surface area contributed by atoms with Gasteiger partial charge in [0.15, 0.2) is 0 Å². The molecule has 3 N–H and O–H groups in total. The number of aliphatic hydroxyl groups is 1. The molecule has 0 bridgehead atoms. The van der Waals surface area contributed by atoms with Crippen molar-refractivity contribution in [1.29, 1.82) is 0 Å². The second kappa shape index (κ2) is 4.58. The van der Waals surface area contributed by atoms with Crippen LogP contribution in [0.25, 0.3) is 21.1 Å². The maximum atomic E-state index is 11.3. The van der Waals surface area contributed by atoms with E-state index >= 15 is 0 Å². The van der Waals surface area contributed by atoms with Crippen molar-refractivity contribution in [2.45, 2.75) is 6.10 Å². The molecule has 0 aliphatic heterocycles. The lowest BCUT2D eigenvalue weighted by molar-refractivity contribution is 0.224. The molecule has 0 saturated carbocycles. The minimum absolute atomic E-state index is 0.237. The molecule has 0 fully saturated rings. The van der Waals surface area contributed by atoms with E-state index in [0.717, 1.165) is 26.0 Å². The molecule has 2 heterocycles. The van der Waals surface area contributed by atoms with Crippen molar-refractivity contribution < 1.29 is 5.11 Å². The minimum atomic E-state index is -0.690. The molecule has 2 aromatic carbocycles. The summed E-state index contributed by atoms with van der Waals surface area (Å²) in [5.41, 5.74) is 1.98. The number of H-pyrrole nitrogens is 2. The second-order valence-corrected chi connectivity index (χ2v) is 6.09. The summed E-state index contributed by atoms with van der Waals surface area (Å²) in [5.74, 6) is 0. The third-order valence-corrected chi connectivity index (χ3v) is 4.74. The van der Waals surface area contributed by atoms with E-state index in [1.807, 2.05) is 42.5 Å². The van der Waals surface area contributed by atoms with Gasteiger partial charge in [0, 0.05) is 9.58 Å². The molecule has 1 unspecified atom stereocenters. The minimum Gasteiger partial charge on any atom is -0.383 e. The quantitative estimate of drug-likeness (QED) is 0.532. The topological polar surface area (TPSA) is 68.9 Å². The van der Waals surface area contributed by atoms with Gasteiger partial charge in [-0.05, 0) is 35.2 Å². The zero-order chi connectivity index (χ0) is 14.4. The Balaban J connectivity index is 1.80. The van der Waals surface area contributed by atoms with Gasteiger partial charge in [0.2, 0.25) is 0 Å². The third kappa shape index (κ3) is 2.07. The SMILES string of the molecule is O=c1[nH]c2ccc(C(O)c3cc4ccccc4s3)cc2[nH]1. The standard InChI is InChI=1S/C16H12N2O2S/c19-15(14-8-9-3-1-2-4-13(9)21-14)10-5-6-11-12(7-10)18-16(20)17-11/h1-8,15,19H,(H2,17,18,20). The second-order valence-electron chi connectivity index (χ2n) is 4.97. The molecule has 0 aliphatic rings. The first-order valence-electron chi connectivity index (χ1n) is 6.59. The third-order valence-electron chi connectivity index (χ3n) is 3.57. The summed E-state index contributed by atoms with van der Waals surface area (Å²) in [6.45, 7) is 0. The number of aromatic nitrogens is 2. The van der Waals surface area contributed by atoms with Gasteiger partial charge < -0.3 is 15.1 Å². The van der Waals surface area contributed by atoms with Crippen molar-refractivity contribution >= 4 is 32.5 Å². The molecule has 0 saturated heterocycles. The number of rotatable bonds is 2. The number of nitrogens with one attached hydrogen (secondary N) is 2. The first-order chi connectivity index (χ1) is 10.2. The van der Waals surface area contributed by atoms with E-state index in [-0.39, 0.29) is 5.69 Å². The summed E-state index contributed by atoms with van der Waals surface area (Å²) in [7, 11) is 0. The van der Waals surface area contributed by atoms with Gasteiger partial charge in [0.25, 0.3) is 0 Å². The molecule has 0 spiro atoms. The molecule has 4 aromatic rings. The van der Waals surface area contributed by atoms with Crippen LogP contribution in [0.3, 0.4) is 0 Å². The fraction of sp³-hybridized carbons (Fsp3) is 0.0625. The van der Waals surface area contributed by atoms with Gasteiger partial charge in [-0.3, -0.25) is 0 Å². The summed E-state index contributed by atoms with van der Waals surface area (Å²) < 4.78 is 1.16. The Kier molecular flexibility index (Phi) is 2.70. The molecule has 5 heteroatoms. The Morgan fingerprint density at radius 1 is 1.00 bits per heavy atom. The van der Waals surface area contributed by atoms with E-state index in [9.17, 15) is 9.90 Å². The van der Waals surface area contributed by atoms with Crippen LogP contribution in [0, 0.1) is 0 Å². The highest BCUT2D eigenvalue weighted by atomic mass is 32.1. The van der Waals surface area contributed by atoms with E-state index in [4.69, 9.17) is 0 Å². The van der Waals surface area contributed by atoms with Gasteiger partial charge in [-0.15, -0.1) is 11.3 Å². The van der Waals surface area contributed by atoms with Crippen molar-refractivity contribution in [2.75, 3.05) is 0 Å². The Labute approximate surface area is 123 Å². The fourth-order valence-electron chi connectivity index (χ4n) is 2.52. The predicted octanol–water partition coefficient (Wildman–Crippen LogP) is 3.15. The largest absolute Gasteiger partial charge is 0.383 e. The van der Waals surface area contributed by atoms with Crippen molar-refractivity contribution in [3.63, 3.8) is 0 Å². The number of hydrogen-bond acceptors (Lipinski definition) is 3. The Morgan fingerprint density at radius 3 is 2.67 bits per heavy atom. The van der Waals surface area contributed by atoms with Gasteiger partial charge in [0.1, 0.15) is 6.10 Å². The average Bonchev–Trinajstić information content (AvgIpc) is 3.07. The summed E-state index contributed by atoms with van der Waals surface area (Å²) in [6.07, 6.45) is -0.690. The lowest BCUT2D eigenvalue weighted by Gasteiger charge is -2.08. The van der Waals surface area contributed by atoms with Gasteiger partial charge in [-0.25, -0.2) is 4.79 Å². The van der Waals surface area contributed by atoms with Crippen molar-refractivity contribution in [2.24, 2.45) is 0 Å². The van der Waals surface area contributed by atoms with Crippen LogP contribution in [0.5, 0.6) is 0 Å². The monoisotopic (exact) mass is 296 g/mol. The van der Waals surface area contributed by atoms with Gasteiger partial charge in [0.05, 0.1) is 11.0 Å². The van der Waals surface area contributed by atoms with E-state index in [0.29, 0.717) is 5.52 Å². The average molecular weight is 296 g/mol. The number of aliphatic hydroxyl groups excluding tert-OH is 1. The van der Waals surface area contributed by atoms with Crippen LogP contribution in [0.15, 0.2) is 53.3 Å². The summed E-state index contributed by atoms with van der Waals surface area (Å²) in [4.78, 5) is 17.6. The highest BCUT2D eigenvalue weighted by Crippen LogP contribution is 2.33. The molecular weight excluding hydrogens is 284 g/mol. The molecule has 1 atom stereocenters. The molecule has 104 valence electrons. The van der Waals surface area contributed by atoms with Crippen LogP contribution < -0.4 is 5.69 Å². The van der Waals surface area contributed by atoms with Crippen molar-refractivity contribution in [3.05, 3.63) is 69.5 Å². The van der Waals surface area contributed by atoms with Crippen molar-refractivity contribution in [3.8, 4) is 0 Å². The van der Waals surface area contributed by atoms with E-state index in [2.05, 4.69) is 9.97 Å². The molecule has 4 nitrogen and oxygen atoms in total. The first kappa shape index (κ1) is 12.4. The van der Waals surface area contributed by atoms with E-state index in [1.54, 1.807) is 17.4 Å². The molecule has 2 aromatic heterocycles. The van der Waals surface area contributed by atoms with Crippen molar-refractivity contribution in [1.82, 2.24) is 9.97 Å². The molecule has 21 heavy (non-hydrogen) atoms. The number of thiophene rings is 1. The highest BCUT2D eigenvalue weighted by molar-refractivity contribution is 7.19. The van der Waals surface area contributed by atoms with E-state index in [1.165, 1.54) is 0 Å². The van der Waals surface area contributed by atoms with Gasteiger partial charge in [-0.2, -0.15) is 0 Å². The summed E-state index contributed by atoms with van der Waals surface area (Å²) >= 11 is 1.58. The van der Waals surface area contributed by atoms with Crippen LogP contribution in [-0.2, 0) is 0 Å². The molecule has 0 aliphatic carbocycles.